The minimum atomic E-state index is -1.07. The van der Waals surface area contributed by atoms with E-state index in [2.05, 4.69) is 0 Å². The Balaban J connectivity index is 2.59. The fraction of sp³-hybridized carbons (Fsp3) is 0.769. The highest BCUT2D eigenvalue weighted by atomic mass is 16.6. The number of ether oxygens (including phenoxy) is 1. The number of carbonyl (C=O) groups is 3. The fourth-order valence-corrected chi connectivity index (χ4v) is 2.15. The average molecular weight is 286 g/mol. The summed E-state index contributed by atoms with van der Waals surface area (Å²) in [6.07, 6.45) is 0.793. The summed E-state index contributed by atoms with van der Waals surface area (Å²) in [6.45, 7) is 5.52. The molecule has 1 heterocycles. The Hall–Kier alpha value is -1.63. The number of amides is 1. The Labute approximate surface area is 118 Å². The standard InChI is InChI=1S/C13H22N2O5/c1-13(2,3)20-10(16)7-8(14)11(17)15-6-4-5-9(15)12(18)19/h8-9H,4-7,14H2,1-3H3,(H,18,19)/t8-,9-/m1/s1. The number of likely N-dealkylation sites (tertiary alicyclic amines) is 1. The van der Waals surface area contributed by atoms with Gasteiger partial charge < -0.3 is 20.5 Å². The third-order valence-electron chi connectivity index (χ3n) is 2.94. The van der Waals surface area contributed by atoms with Crippen molar-refractivity contribution in [1.82, 2.24) is 4.90 Å². The summed E-state index contributed by atoms with van der Waals surface area (Å²) in [6, 6.07) is -1.91. The van der Waals surface area contributed by atoms with Crippen LogP contribution in [0.4, 0.5) is 0 Å². The summed E-state index contributed by atoms with van der Waals surface area (Å²) in [7, 11) is 0. The van der Waals surface area contributed by atoms with E-state index in [0.717, 1.165) is 0 Å². The van der Waals surface area contributed by atoms with Crippen LogP contribution in [0, 0.1) is 0 Å². The first kappa shape index (κ1) is 16.4. The van der Waals surface area contributed by atoms with Crippen molar-refractivity contribution in [2.75, 3.05) is 6.54 Å². The lowest BCUT2D eigenvalue weighted by atomic mass is 10.1. The maximum absolute atomic E-state index is 12.1. The van der Waals surface area contributed by atoms with Crippen molar-refractivity contribution in [3.63, 3.8) is 0 Å². The van der Waals surface area contributed by atoms with Gasteiger partial charge in [0.05, 0.1) is 12.5 Å². The highest BCUT2D eigenvalue weighted by molar-refractivity contribution is 5.90. The van der Waals surface area contributed by atoms with Gasteiger partial charge in [-0.15, -0.1) is 0 Å². The summed E-state index contributed by atoms with van der Waals surface area (Å²) in [5.41, 5.74) is 5.05. The van der Waals surface area contributed by atoms with E-state index in [-0.39, 0.29) is 6.42 Å². The molecule has 0 spiro atoms. The van der Waals surface area contributed by atoms with Gasteiger partial charge in [-0.2, -0.15) is 0 Å². The lowest BCUT2D eigenvalue weighted by Crippen LogP contribution is -2.49. The summed E-state index contributed by atoms with van der Waals surface area (Å²) >= 11 is 0. The third-order valence-corrected chi connectivity index (χ3v) is 2.94. The molecule has 0 aromatic rings. The molecule has 1 fully saturated rings. The zero-order valence-electron chi connectivity index (χ0n) is 12.1. The van der Waals surface area contributed by atoms with Crippen LogP contribution in [0.15, 0.2) is 0 Å². The summed E-state index contributed by atoms with van der Waals surface area (Å²) in [4.78, 5) is 36.0. The molecular formula is C13H22N2O5. The van der Waals surface area contributed by atoms with E-state index in [1.807, 2.05) is 0 Å². The summed E-state index contributed by atoms with van der Waals surface area (Å²) < 4.78 is 5.09. The van der Waals surface area contributed by atoms with E-state index in [1.165, 1.54) is 4.90 Å². The molecule has 0 aromatic heterocycles. The smallest absolute Gasteiger partial charge is 0.326 e. The number of hydrogen-bond acceptors (Lipinski definition) is 5. The Morgan fingerprint density at radius 3 is 2.50 bits per heavy atom. The Kier molecular flexibility index (Phi) is 5.10. The van der Waals surface area contributed by atoms with Crippen LogP contribution in [0.25, 0.3) is 0 Å². The zero-order valence-corrected chi connectivity index (χ0v) is 12.1. The molecule has 1 saturated heterocycles. The number of nitrogens with two attached hydrogens (primary N) is 1. The number of esters is 1. The van der Waals surface area contributed by atoms with Crippen LogP contribution in [0.1, 0.15) is 40.0 Å². The molecule has 3 N–H and O–H groups in total. The largest absolute Gasteiger partial charge is 0.480 e. The second-order valence-corrected chi connectivity index (χ2v) is 5.92. The van der Waals surface area contributed by atoms with Crippen LogP contribution >= 0.6 is 0 Å². The minimum Gasteiger partial charge on any atom is -0.480 e. The Morgan fingerprint density at radius 2 is 2.00 bits per heavy atom. The van der Waals surface area contributed by atoms with Crippen molar-refractivity contribution in [1.29, 1.82) is 0 Å². The van der Waals surface area contributed by atoms with Gasteiger partial charge in [-0.1, -0.05) is 0 Å². The molecule has 114 valence electrons. The first-order valence-corrected chi connectivity index (χ1v) is 6.62. The molecule has 1 aliphatic rings. The van der Waals surface area contributed by atoms with Crippen molar-refractivity contribution in [3.8, 4) is 0 Å². The van der Waals surface area contributed by atoms with Gasteiger partial charge >= 0.3 is 11.9 Å². The molecule has 7 heteroatoms. The quantitative estimate of drug-likeness (QED) is 0.710. The van der Waals surface area contributed by atoms with Gasteiger partial charge in [0.2, 0.25) is 5.91 Å². The van der Waals surface area contributed by atoms with Gasteiger partial charge in [0.25, 0.3) is 0 Å². The molecule has 1 rings (SSSR count). The van der Waals surface area contributed by atoms with Crippen molar-refractivity contribution in [3.05, 3.63) is 0 Å². The van der Waals surface area contributed by atoms with E-state index in [0.29, 0.717) is 19.4 Å². The van der Waals surface area contributed by atoms with Crippen molar-refractivity contribution >= 4 is 17.8 Å². The number of aliphatic carboxylic acids is 1. The van der Waals surface area contributed by atoms with Gasteiger partial charge in [0.1, 0.15) is 11.6 Å². The highest BCUT2D eigenvalue weighted by Crippen LogP contribution is 2.19. The lowest BCUT2D eigenvalue weighted by Gasteiger charge is -2.25. The van der Waals surface area contributed by atoms with Gasteiger partial charge in [-0.3, -0.25) is 9.59 Å². The SMILES string of the molecule is CC(C)(C)OC(=O)C[C@@H](N)C(=O)N1CCC[C@@H]1C(=O)O. The van der Waals surface area contributed by atoms with Crippen LogP contribution in [0.2, 0.25) is 0 Å². The molecule has 0 bridgehead atoms. The molecule has 0 aromatic carbocycles. The number of rotatable bonds is 4. The van der Waals surface area contributed by atoms with Gasteiger partial charge in [0.15, 0.2) is 0 Å². The molecule has 1 aliphatic heterocycles. The number of carboxylic acids is 1. The molecule has 0 aliphatic carbocycles. The van der Waals surface area contributed by atoms with Crippen LogP contribution in [0.5, 0.6) is 0 Å². The summed E-state index contributed by atoms with van der Waals surface area (Å²) in [5, 5.41) is 9.02. The fourth-order valence-electron chi connectivity index (χ4n) is 2.15. The lowest BCUT2D eigenvalue weighted by molar-refractivity contribution is -0.157. The number of nitrogens with zero attached hydrogens (tertiary/aromatic N) is 1. The second-order valence-electron chi connectivity index (χ2n) is 5.92. The maximum Gasteiger partial charge on any atom is 0.326 e. The van der Waals surface area contributed by atoms with Gasteiger partial charge in [-0.05, 0) is 33.6 Å². The molecule has 2 atom stereocenters. The van der Waals surface area contributed by atoms with E-state index in [1.54, 1.807) is 20.8 Å². The number of carboxylic acid groups (broad SMARTS) is 1. The van der Waals surface area contributed by atoms with Crippen LogP contribution < -0.4 is 5.73 Å². The topological polar surface area (TPSA) is 110 Å². The molecule has 0 radical (unpaired) electrons. The first-order valence-electron chi connectivity index (χ1n) is 6.62. The second kappa shape index (κ2) is 6.21. The zero-order chi connectivity index (χ0) is 15.5. The predicted molar refractivity (Wildman–Crippen MR) is 70.8 cm³/mol. The Bertz CT molecular complexity index is 402. The normalized spacial score (nSPS) is 20.6. The Morgan fingerprint density at radius 1 is 1.40 bits per heavy atom. The molecule has 0 unspecified atom stereocenters. The van der Waals surface area contributed by atoms with Crippen LogP contribution in [0.3, 0.4) is 0 Å². The summed E-state index contributed by atoms with van der Waals surface area (Å²) in [5.74, 6) is -2.12. The van der Waals surface area contributed by atoms with E-state index >= 15 is 0 Å². The number of hydrogen-bond donors (Lipinski definition) is 2. The van der Waals surface area contributed by atoms with E-state index < -0.39 is 35.5 Å². The molecule has 0 saturated carbocycles. The average Bonchev–Trinajstić information content (AvgIpc) is 2.73. The molecular weight excluding hydrogens is 264 g/mol. The van der Waals surface area contributed by atoms with E-state index in [4.69, 9.17) is 15.6 Å². The molecule has 7 nitrogen and oxygen atoms in total. The van der Waals surface area contributed by atoms with Crippen LogP contribution in [-0.4, -0.2) is 52.1 Å². The maximum atomic E-state index is 12.1. The molecule has 1 amide bonds. The third kappa shape index (κ3) is 4.48. The first-order chi connectivity index (χ1) is 9.11. The predicted octanol–water partition coefficient (Wildman–Crippen LogP) is 0.121. The van der Waals surface area contributed by atoms with E-state index in [9.17, 15) is 14.4 Å². The molecule has 20 heavy (non-hydrogen) atoms. The number of carbonyl (C=O) groups excluding carboxylic acids is 2. The monoisotopic (exact) mass is 286 g/mol. The van der Waals surface area contributed by atoms with Gasteiger partial charge in [0, 0.05) is 6.54 Å². The minimum absolute atomic E-state index is 0.251. The van der Waals surface area contributed by atoms with Gasteiger partial charge in [-0.25, -0.2) is 4.79 Å². The van der Waals surface area contributed by atoms with Crippen molar-refractivity contribution in [2.45, 2.75) is 57.7 Å². The highest BCUT2D eigenvalue weighted by Gasteiger charge is 2.36. The van der Waals surface area contributed by atoms with Crippen molar-refractivity contribution in [2.24, 2.45) is 5.73 Å². The van der Waals surface area contributed by atoms with Crippen LogP contribution in [-0.2, 0) is 19.1 Å². The van der Waals surface area contributed by atoms with Crippen molar-refractivity contribution < 1.29 is 24.2 Å².